The number of carbonyl (C=O) groups excluding carboxylic acids is 3. The Kier molecular flexibility index (Phi) is 4.11. The molecule has 2 heterocycles. The third kappa shape index (κ3) is 2.54. The topological polar surface area (TPSA) is 71.7 Å². The maximum atomic E-state index is 12.7. The number of nitrogens with zero attached hydrogens (tertiary/aromatic N) is 3. The van der Waals surface area contributed by atoms with Crippen molar-refractivity contribution in [1.82, 2.24) is 9.47 Å². The highest BCUT2D eigenvalue weighted by atomic mass is 32.1. The largest absolute Gasteiger partial charge is 0.319 e. The summed E-state index contributed by atoms with van der Waals surface area (Å²) in [4.78, 5) is 43.8. The molecule has 1 fully saturated rings. The van der Waals surface area contributed by atoms with Gasteiger partial charge in [0, 0.05) is 7.05 Å². The average Bonchev–Trinajstić information content (AvgIpc) is 3.10. The van der Waals surface area contributed by atoms with Crippen LogP contribution in [0.2, 0.25) is 0 Å². The van der Waals surface area contributed by atoms with E-state index in [-0.39, 0.29) is 23.7 Å². The second-order valence-corrected chi connectivity index (χ2v) is 7.75. The molecule has 3 atom stereocenters. The number of aromatic nitrogens is 1. The van der Waals surface area contributed by atoms with Crippen LogP contribution in [0, 0.1) is 11.8 Å². The smallest absolute Gasteiger partial charge is 0.271 e. The molecule has 0 N–H and O–H groups in total. The van der Waals surface area contributed by atoms with Gasteiger partial charge in [0.15, 0.2) is 4.80 Å². The second kappa shape index (κ2) is 6.32. The molecule has 0 radical (unpaired) electrons. The van der Waals surface area contributed by atoms with E-state index in [1.54, 1.807) is 6.92 Å². The van der Waals surface area contributed by atoms with Crippen molar-refractivity contribution >= 4 is 39.3 Å². The molecular formula is C19H19N3O3S. The maximum absolute atomic E-state index is 12.7. The molecule has 2 aromatic rings. The molecule has 4 rings (SSSR count). The molecule has 134 valence electrons. The van der Waals surface area contributed by atoms with Crippen molar-refractivity contribution in [3.05, 3.63) is 41.2 Å². The van der Waals surface area contributed by atoms with Crippen LogP contribution in [0.1, 0.15) is 19.8 Å². The minimum atomic E-state index is -0.884. The van der Waals surface area contributed by atoms with Crippen LogP contribution in [0.3, 0.4) is 0 Å². The molecule has 0 saturated carbocycles. The molecule has 26 heavy (non-hydrogen) atoms. The van der Waals surface area contributed by atoms with Crippen LogP contribution in [0.25, 0.3) is 10.2 Å². The summed E-state index contributed by atoms with van der Waals surface area (Å²) in [6, 6.07) is 6.92. The maximum Gasteiger partial charge on any atom is 0.271 e. The van der Waals surface area contributed by atoms with Crippen LogP contribution < -0.4 is 4.80 Å². The quantitative estimate of drug-likeness (QED) is 0.600. The SMILES string of the molecule is C[C@@H](C(=O)N=c1sc2ccccc2n1C)N1C(=O)[C@@H]2CC=CC[C@H]2C1=O. The van der Waals surface area contributed by atoms with Gasteiger partial charge in [0.25, 0.3) is 5.91 Å². The van der Waals surface area contributed by atoms with Gasteiger partial charge >= 0.3 is 0 Å². The highest BCUT2D eigenvalue weighted by molar-refractivity contribution is 7.16. The summed E-state index contributed by atoms with van der Waals surface area (Å²) in [6.45, 7) is 1.58. The Balaban J connectivity index is 1.65. The summed E-state index contributed by atoms with van der Waals surface area (Å²) in [7, 11) is 1.85. The number of para-hydroxylation sites is 1. The first-order valence-corrected chi connectivity index (χ1v) is 9.45. The number of rotatable bonds is 2. The van der Waals surface area contributed by atoms with E-state index in [4.69, 9.17) is 0 Å². The summed E-state index contributed by atoms with van der Waals surface area (Å²) in [6.07, 6.45) is 5.00. The van der Waals surface area contributed by atoms with Crippen molar-refractivity contribution < 1.29 is 14.4 Å². The Morgan fingerprint density at radius 3 is 2.38 bits per heavy atom. The first-order valence-electron chi connectivity index (χ1n) is 8.64. The monoisotopic (exact) mass is 369 g/mol. The number of hydrogen-bond donors (Lipinski definition) is 0. The summed E-state index contributed by atoms with van der Waals surface area (Å²) in [5.41, 5.74) is 0.988. The Bertz CT molecular complexity index is 990. The minimum absolute atomic E-state index is 0.249. The van der Waals surface area contributed by atoms with E-state index in [1.165, 1.54) is 11.3 Å². The van der Waals surface area contributed by atoms with E-state index in [0.29, 0.717) is 17.6 Å². The Morgan fingerprint density at radius 2 is 1.77 bits per heavy atom. The molecule has 1 aliphatic heterocycles. The van der Waals surface area contributed by atoms with Crippen LogP contribution in [-0.4, -0.2) is 33.2 Å². The van der Waals surface area contributed by atoms with Gasteiger partial charge in [-0.15, -0.1) is 0 Å². The molecule has 1 saturated heterocycles. The Hall–Kier alpha value is -2.54. The number of carbonyl (C=O) groups is 3. The van der Waals surface area contributed by atoms with E-state index < -0.39 is 11.9 Å². The molecule has 1 aliphatic carbocycles. The van der Waals surface area contributed by atoms with Gasteiger partial charge in [0.2, 0.25) is 11.8 Å². The Morgan fingerprint density at radius 1 is 1.15 bits per heavy atom. The van der Waals surface area contributed by atoms with Gasteiger partial charge in [-0.05, 0) is 31.9 Å². The Labute approximate surface area is 154 Å². The number of allylic oxidation sites excluding steroid dienone is 2. The van der Waals surface area contributed by atoms with Gasteiger partial charge in [0.05, 0.1) is 22.1 Å². The van der Waals surface area contributed by atoms with Crippen molar-refractivity contribution in [2.24, 2.45) is 23.9 Å². The summed E-state index contributed by atoms with van der Waals surface area (Å²) < 4.78 is 2.88. The van der Waals surface area contributed by atoms with Crippen LogP contribution in [0.15, 0.2) is 41.4 Å². The summed E-state index contributed by atoms with van der Waals surface area (Å²) >= 11 is 1.41. The standard InChI is InChI=1S/C19H19N3O3S/c1-11(22-17(24)12-7-3-4-8-13(12)18(22)25)16(23)20-19-21(2)14-9-5-6-10-15(14)26-19/h3-6,9-13H,7-8H2,1-2H3/t11-,12+,13+/m0/s1. The van der Waals surface area contributed by atoms with E-state index >= 15 is 0 Å². The first kappa shape index (κ1) is 16.9. The molecule has 1 aromatic carbocycles. The molecule has 2 aliphatic rings. The predicted molar refractivity (Wildman–Crippen MR) is 98.0 cm³/mol. The van der Waals surface area contributed by atoms with Crippen LogP contribution >= 0.6 is 11.3 Å². The fourth-order valence-electron chi connectivity index (χ4n) is 3.69. The highest BCUT2D eigenvalue weighted by Gasteiger charge is 2.50. The van der Waals surface area contributed by atoms with Gasteiger partial charge in [0.1, 0.15) is 6.04 Å². The van der Waals surface area contributed by atoms with Gasteiger partial charge in [-0.3, -0.25) is 19.3 Å². The molecule has 1 aromatic heterocycles. The lowest BCUT2D eigenvalue weighted by Gasteiger charge is -2.19. The second-order valence-electron chi connectivity index (χ2n) is 6.74. The molecule has 0 bridgehead atoms. The number of aryl methyl sites for hydroxylation is 1. The summed E-state index contributed by atoms with van der Waals surface area (Å²) in [5.74, 6) is -1.63. The lowest BCUT2D eigenvalue weighted by Crippen LogP contribution is -2.43. The third-order valence-corrected chi connectivity index (χ3v) is 6.32. The van der Waals surface area contributed by atoms with Crippen molar-refractivity contribution in [3.8, 4) is 0 Å². The molecular weight excluding hydrogens is 350 g/mol. The number of likely N-dealkylation sites (tertiary alicyclic amines) is 1. The fourth-order valence-corrected chi connectivity index (χ4v) is 4.72. The molecule has 3 amide bonds. The van der Waals surface area contributed by atoms with Crippen LogP contribution in [-0.2, 0) is 21.4 Å². The van der Waals surface area contributed by atoms with E-state index in [1.807, 2.05) is 48.0 Å². The van der Waals surface area contributed by atoms with E-state index in [2.05, 4.69) is 4.99 Å². The fraction of sp³-hybridized carbons (Fsp3) is 0.368. The molecule has 0 spiro atoms. The normalized spacial score (nSPS) is 24.4. The number of amides is 3. The first-order chi connectivity index (χ1) is 12.5. The average molecular weight is 369 g/mol. The number of hydrogen-bond acceptors (Lipinski definition) is 4. The predicted octanol–water partition coefficient (Wildman–Crippen LogP) is 2.01. The van der Waals surface area contributed by atoms with Gasteiger partial charge in [-0.25, -0.2) is 0 Å². The van der Waals surface area contributed by atoms with Crippen LogP contribution in [0.4, 0.5) is 0 Å². The van der Waals surface area contributed by atoms with Crippen molar-refractivity contribution in [2.45, 2.75) is 25.8 Å². The molecule has 0 unspecified atom stereocenters. The van der Waals surface area contributed by atoms with Gasteiger partial charge in [-0.1, -0.05) is 35.6 Å². The lowest BCUT2D eigenvalue weighted by atomic mass is 9.85. The zero-order valence-electron chi connectivity index (χ0n) is 14.6. The molecule has 7 heteroatoms. The number of benzene rings is 1. The zero-order chi connectivity index (χ0) is 18.4. The molecule has 6 nitrogen and oxygen atoms in total. The van der Waals surface area contributed by atoms with Crippen molar-refractivity contribution in [2.75, 3.05) is 0 Å². The number of thiazole rings is 1. The third-order valence-electron chi connectivity index (χ3n) is 5.21. The zero-order valence-corrected chi connectivity index (χ0v) is 15.4. The van der Waals surface area contributed by atoms with Crippen molar-refractivity contribution in [3.63, 3.8) is 0 Å². The minimum Gasteiger partial charge on any atom is -0.319 e. The number of fused-ring (bicyclic) bond motifs is 2. The van der Waals surface area contributed by atoms with Gasteiger partial charge in [-0.2, -0.15) is 4.99 Å². The summed E-state index contributed by atoms with van der Waals surface area (Å²) in [5, 5.41) is 0. The van der Waals surface area contributed by atoms with Crippen molar-refractivity contribution in [1.29, 1.82) is 0 Å². The lowest BCUT2D eigenvalue weighted by molar-refractivity contribution is -0.146. The van der Waals surface area contributed by atoms with Gasteiger partial charge < -0.3 is 4.57 Å². The van der Waals surface area contributed by atoms with Crippen LogP contribution in [0.5, 0.6) is 0 Å². The van der Waals surface area contributed by atoms with E-state index in [0.717, 1.165) is 15.1 Å². The highest BCUT2D eigenvalue weighted by Crippen LogP contribution is 2.36. The van der Waals surface area contributed by atoms with E-state index in [9.17, 15) is 14.4 Å². The number of imide groups is 1.